The molecule has 2 aromatic heterocycles. The molecule has 3 rings (SSSR count). The van der Waals surface area contributed by atoms with E-state index in [-0.39, 0.29) is 17.5 Å². The number of benzene rings is 1. The standard InChI is InChI=1S/C13H7BrFN3O2/c14-10-2-1-7(15)5-9(10)12-17-13(20-18-12)8-3-4-16-6-11(8)19/h1-6,19H. The Balaban J connectivity index is 2.07. The number of nitrogens with zero attached hydrogens (tertiary/aromatic N) is 3. The van der Waals surface area contributed by atoms with Gasteiger partial charge in [0.2, 0.25) is 5.82 Å². The zero-order chi connectivity index (χ0) is 14.1. The Morgan fingerprint density at radius 3 is 2.85 bits per heavy atom. The number of halogens is 2. The molecule has 5 nitrogen and oxygen atoms in total. The summed E-state index contributed by atoms with van der Waals surface area (Å²) in [6.07, 6.45) is 2.77. The Kier molecular flexibility index (Phi) is 3.19. The van der Waals surface area contributed by atoms with Crippen LogP contribution in [0, 0.1) is 5.82 Å². The van der Waals surface area contributed by atoms with E-state index in [0.717, 1.165) is 0 Å². The highest BCUT2D eigenvalue weighted by molar-refractivity contribution is 9.10. The molecule has 0 saturated carbocycles. The summed E-state index contributed by atoms with van der Waals surface area (Å²) in [4.78, 5) is 7.92. The zero-order valence-electron chi connectivity index (χ0n) is 9.92. The summed E-state index contributed by atoms with van der Waals surface area (Å²) in [7, 11) is 0. The molecular weight excluding hydrogens is 329 g/mol. The molecule has 0 atom stereocenters. The van der Waals surface area contributed by atoms with E-state index in [2.05, 4.69) is 31.1 Å². The molecular formula is C13H7BrFN3O2. The Morgan fingerprint density at radius 2 is 2.05 bits per heavy atom. The van der Waals surface area contributed by atoms with Crippen LogP contribution in [0.15, 0.2) is 45.7 Å². The smallest absolute Gasteiger partial charge is 0.262 e. The quantitative estimate of drug-likeness (QED) is 0.776. The van der Waals surface area contributed by atoms with E-state index in [1.54, 1.807) is 12.1 Å². The maximum atomic E-state index is 13.3. The maximum absolute atomic E-state index is 13.3. The minimum Gasteiger partial charge on any atom is -0.505 e. The van der Waals surface area contributed by atoms with Gasteiger partial charge in [-0.2, -0.15) is 4.98 Å². The number of hydrogen-bond donors (Lipinski definition) is 1. The van der Waals surface area contributed by atoms with Gasteiger partial charge in [0.05, 0.1) is 11.8 Å². The number of hydrogen-bond acceptors (Lipinski definition) is 5. The molecule has 0 amide bonds. The first-order valence-corrected chi connectivity index (χ1v) is 6.37. The molecule has 0 aliphatic carbocycles. The third-order valence-electron chi connectivity index (χ3n) is 2.63. The second kappa shape index (κ2) is 5.01. The van der Waals surface area contributed by atoms with E-state index in [4.69, 9.17) is 4.52 Å². The lowest BCUT2D eigenvalue weighted by atomic mass is 10.2. The third kappa shape index (κ3) is 2.27. The molecule has 0 radical (unpaired) electrons. The van der Waals surface area contributed by atoms with E-state index >= 15 is 0 Å². The highest BCUT2D eigenvalue weighted by atomic mass is 79.9. The van der Waals surface area contributed by atoms with Crippen LogP contribution in [-0.4, -0.2) is 20.2 Å². The van der Waals surface area contributed by atoms with Crippen molar-refractivity contribution in [3.63, 3.8) is 0 Å². The fourth-order valence-corrected chi connectivity index (χ4v) is 2.10. The molecule has 100 valence electrons. The van der Waals surface area contributed by atoms with Crippen LogP contribution in [0.1, 0.15) is 0 Å². The van der Waals surface area contributed by atoms with Crippen molar-refractivity contribution in [2.45, 2.75) is 0 Å². The monoisotopic (exact) mass is 335 g/mol. The normalized spacial score (nSPS) is 10.7. The average molecular weight is 336 g/mol. The van der Waals surface area contributed by atoms with Crippen molar-refractivity contribution >= 4 is 15.9 Å². The summed E-state index contributed by atoms with van der Waals surface area (Å²) in [5.74, 6) is -0.110. The molecule has 0 spiro atoms. The fraction of sp³-hybridized carbons (Fsp3) is 0. The predicted molar refractivity (Wildman–Crippen MR) is 72.3 cm³/mol. The predicted octanol–water partition coefficient (Wildman–Crippen LogP) is 3.41. The van der Waals surface area contributed by atoms with Crippen LogP contribution >= 0.6 is 15.9 Å². The minimum atomic E-state index is -0.402. The summed E-state index contributed by atoms with van der Waals surface area (Å²) >= 11 is 3.30. The van der Waals surface area contributed by atoms with Crippen molar-refractivity contribution in [1.82, 2.24) is 15.1 Å². The van der Waals surface area contributed by atoms with Gasteiger partial charge in [-0.05, 0) is 24.3 Å². The largest absolute Gasteiger partial charge is 0.505 e. The molecule has 0 unspecified atom stereocenters. The van der Waals surface area contributed by atoms with Crippen molar-refractivity contribution in [3.8, 4) is 28.6 Å². The van der Waals surface area contributed by atoms with E-state index in [0.29, 0.717) is 15.6 Å². The van der Waals surface area contributed by atoms with Crippen LogP contribution in [0.25, 0.3) is 22.8 Å². The summed E-state index contributed by atoms with van der Waals surface area (Å²) < 4.78 is 19.0. The summed E-state index contributed by atoms with van der Waals surface area (Å²) in [6, 6.07) is 5.73. The van der Waals surface area contributed by atoms with Gasteiger partial charge in [0.15, 0.2) is 0 Å². The summed E-state index contributed by atoms with van der Waals surface area (Å²) in [6.45, 7) is 0. The molecule has 0 fully saturated rings. The van der Waals surface area contributed by atoms with E-state index < -0.39 is 5.82 Å². The molecule has 0 bridgehead atoms. The topological polar surface area (TPSA) is 72.0 Å². The third-order valence-corrected chi connectivity index (χ3v) is 3.32. The zero-order valence-corrected chi connectivity index (χ0v) is 11.5. The van der Waals surface area contributed by atoms with Crippen LogP contribution in [0.4, 0.5) is 4.39 Å². The molecule has 3 aromatic rings. The molecule has 1 aromatic carbocycles. The number of aromatic hydroxyl groups is 1. The number of aromatic nitrogens is 3. The van der Waals surface area contributed by atoms with Crippen molar-refractivity contribution in [1.29, 1.82) is 0 Å². The van der Waals surface area contributed by atoms with Crippen molar-refractivity contribution in [2.24, 2.45) is 0 Å². The van der Waals surface area contributed by atoms with Gasteiger partial charge in [-0.25, -0.2) is 4.39 Å². The van der Waals surface area contributed by atoms with Gasteiger partial charge in [0.25, 0.3) is 5.89 Å². The van der Waals surface area contributed by atoms with E-state index in [1.807, 2.05) is 0 Å². The van der Waals surface area contributed by atoms with Crippen LogP contribution < -0.4 is 0 Å². The van der Waals surface area contributed by atoms with Gasteiger partial charge in [-0.3, -0.25) is 4.98 Å². The van der Waals surface area contributed by atoms with Gasteiger partial charge in [-0.1, -0.05) is 21.1 Å². The van der Waals surface area contributed by atoms with Gasteiger partial charge < -0.3 is 9.63 Å². The minimum absolute atomic E-state index is 0.0685. The average Bonchev–Trinajstić information content (AvgIpc) is 2.91. The fourth-order valence-electron chi connectivity index (χ4n) is 1.68. The molecule has 7 heteroatoms. The van der Waals surface area contributed by atoms with Crippen LogP contribution in [0.3, 0.4) is 0 Å². The first kappa shape index (κ1) is 12.7. The Bertz CT molecular complexity index is 776. The maximum Gasteiger partial charge on any atom is 0.262 e. The molecule has 1 N–H and O–H groups in total. The first-order chi connectivity index (χ1) is 9.65. The Morgan fingerprint density at radius 1 is 1.20 bits per heavy atom. The van der Waals surface area contributed by atoms with Gasteiger partial charge in [-0.15, -0.1) is 0 Å². The van der Waals surface area contributed by atoms with E-state index in [9.17, 15) is 9.50 Å². The number of rotatable bonds is 2. The van der Waals surface area contributed by atoms with Gasteiger partial charge >= 0.3 is 0 Å². The van der Waals surface area contributed by atoms with E-state index in [1.165, 1.54) is 24.5 Å². The number of pyridine rings is 1. The lowest BCUT2D eigenvalue weighted by Gasteiger charge is -1.98. The highest BCUT2D eigenvalue weighted by Crippen LogP contribution is 2.31. The Labute approximate surface area is 121 Å². The second-order valence-electron chi connectivity index (χ2n) is 3.94. The molecule has 0 aliphatic heterocycles. The van der Waals surface area contributed by atoms with Gasteiger partial charge in [0, 0.05) is 16.2 Å². The van der Waals surface area contributed by atoms with Crippen LogP contribution in [-0.2, 0) is 0 Å². The molecule has 0 saturated heterocycles. The lowest BCUT2D eigenvalue weighted by molar-refractivity contribution is 0.425. The van der Waals surface area contributed by atoms with Gasteiger partial charge in [0.1, 0.15) is 11.6 Å². The second-order valence-corrected chi connectivity index (χ2v) is 4.79. The SMILES string of the molecule is Oc1cnccc1-c1nc(-c2cc(F)ccc2Br)no1. The van der Waals surface area contributed by atoms with Crippen LogP contribution in [0.5, 0.6) is 5.75 Å². The summed E-state index contributed by atoms with van der Waals surface area (Å²) in [5.41, 5.74) is 0.833. The summed E-state index contributed by atoms with van der Waals surface area (Å²) in [5, 5.41) is 13.5. The van der Waals surface area contributed by atoms with Crippen molar-refractivity contribution < 1.29 is 14.0 Å². The Hall–Kier alpha value is -2.28. The lowest BCUT2D eigenvalue weighted by Crippen LogP contribution is -1.85. The molecule has 20 heavy (non-hydrogen) atoms. The highest BCUT2D eigenvalue weighted by Gasteiger charge is 2.16. The van der Waals surface area contributed by atoms with Crippen molar-refractivity contribution in [3.05, 3.63) is 46.9 Å². The van der Waals surface area contributed by atoms with Crippen molar-refractivity contribution in [2.75, 3.05) is 0 Å². The van der Waals surface area contributed by atoms with Crippen LogP contribution in [0.2, 0.25) is 0 Å². The molecule has 0 aliphatic rings. The molecule has 2 heterocycles. The first-order valence-electron chi connectivity index (χ1n) is 5.57.